The normalized spacial score (nSPS) is 30.2. The van der Waals surface area contributed by atoms with Gasteiger partial charge in [-0.05, 0) is 39.5 Å². The Kier molecular flexibility index (Phi) is 4.08. The van der Waals surface area contributed by atoms with Crippen LogP contribution in [0.4, 0.5) is 4.79 Å². The summed E-state index contributed by atoms with van der Waals surface area (Å²) >= 11 is 0. The number of amides is 4. The van der Waals surface area contributed by atoms with Crippen molar-refractivity contribution < 1.29 is 14.4 Å². The fourth-order valence-electron chi connectivity index (χ4n) is 4.02. The molecule has 0 aromatic rings. The van der Waals surface area contributed by atoms with Crippen LogP contribution in [-0.4, -0.2) is 69.8 Å². The number of hydrogen-bond acceptors (Lipinski definition) is 4. The highest BCUT2D eigenvalue weighted by atomic mass is 16.2. The molecule has 3 aliphatic heterocycles. The lowest BCUT2D eigenvalue weighted by Crippen LogP contribution is -2.61. The Balaban J connectivity index is 1.83. The molecule has 127 valence electrons. The molecule has 3 fully saturated rings. The molecule has 1 radical (unpaired) electrons. The first kappa shape index (κ1) is 16.2. The van der Waals surface area contributed by atoms with Crippen molar-refractivity contribution in [3.05, 3.63) is 6.42 Å². The van der Waals surface area contributed by atoms with Gasteiger partial charge in [-0.15, -0.1) is 0 Å². The van der Waals surface area contributed by atoms with Gasteiger partial charge in [0.05, 0.1) is 0 Å². The Morgan fingerprint density at radius 3 is 2.43 bits per heavy atom. The maximum absolute atomic E-state index is 12.9. The van der Waals surface area contributed by atoms with Crippen LogP contribution in [0.25, 0.3) is 0 Å². The van der Waals surface area contributed by atoms with E-state index in [1.165, 1.54) is 9.80 Å². The monoisotopic (exact) mass is 321 g/mol. The zero-order valence-electron chi connectivity index (χ0n) is 13.8. The van der Waals surface area contributed by atoms with Gasteiger partial charge in [-0.3, -0.25) is 14.5 Å². The second-order valence-electron chi connectivity index (χ2n) is 6.95. The van der Waals surface area contributed by atoms with E-state index in [-0.39, 0.29) is 12.1 Å². The highest BCUT2D eigenvalue weighted by Gasteiger charge is 2.63. The summed E-state index contributed by atoms with van der Waals surface area (Å²) in [4.78, 5) is 42.8. The van der Waals surface area contributed by atoms with Gasteiger partial charge in [0.1, 0.15) is 0 Å². The van der Waals surface area contributed by atoms with E-state index in [0.29, 0.717) is 19.0 Å². The number of imide groups is 1. The molecule has 2 N–H and O–H groups in total. The van der Waals surface area contributed by atoms with Crippen LogP contribution in [0.15, 0.2) is 0 Å². The molecule has 0 unspecified atom stereocenters. The molecule has 0 aromatic carbocycles. The molecule has 0 spiro atoms. The smallest absolute Gasteiger partial charge is 0.328 e. The highest BCUT2D eigenvalue weighted by Crippen LogP contribution is 2.38. The van der Waals surface area contributed by atoms with Gasteiger partial charge in [-0.1, -0.05) is 0 Å². The maximum Gasteiger partial charge on any atom is 0.328 e. The standard InChI is InChI=1S/C16H25N4O3/c1-11(2)18-9-5-12(6-10-18)20-14(22)16(13(17)21)7-3-4-8-19(16)15(20)23/h7,11-12H,3-6,8-10H2,1-2H3,(H2,17,21)/t16-/m0/s1. The molecule has 0 saturated carbocycles. The molecule has 0 aromatic heterocycles. The summed E-state index contributed by atoms with van der Waals surface area (Å²) in [5.41, 5.74) is 3.98. The number of rotatable bonds is 3. The van der Waals surface area contributed by atoms with Crippen molar-refractivity contribution in [1.82, 2.24) is 14.7 Å². The average molecular weight is 321 g/mol. The van der Waals surface area contributed by atoms with Gasteiger partial charge in [0.15, 0.2) is 0 Å². The summed E-state index contributed by atoms with van der Waals surface area (Å²) < 4.78 is 0. The predicted molar refractivity (Wildman–Crippen MR) is 84.1 cm³/mol. The van der Waals surface area contributed by atoms with Gasteiger partial charge in [-0.2, -0.15) is 0 Å². The van der Waals surface area contributed by atoms with E-state index in [4.69, 9.17) is 5.73 Å². The second kappa shape index (κ2) is 5.78. The number of urea groups is 1. The van der Waals surface area contributed by atoms with Crippen LogP contribution in [0.1, 0.15) is 39.5 Å². The van der Waals surface area contributed by atoms with Crippen molar-refractivity contribution in [3.63, 3.8) is 0 Å². The van der Waals surface area contributed by atoms with E-state index in [9.17, 15) is 14.4 Å². The SMILES string of the molecule is CC(C)N1CCC(N2C(=O)N3CCC[CH][C@]3(C(N)=O)C2=O)CC1. The minimum absolute atomic E-state index is 0.139. The van der Waals surface area contributed by atoms with Crippen LogP contribution < -0.4 is 5.73 Å². The van der Waals surface area contributed by atoms with Gasteiger partial charge in [-0.25, -0.2) is 4.79 Å². The number of carbonyl (C=O) groups is 3. The van der Waals surface area contributed by atoms with Crippen LogP contribution in [-0.2, 0) is 9.59 Å². The van der Waals surface area contributed by atoms with E-state index in [1.54, 1.807) is 6.42 Å². The number of nitrogens with two attached hydrogens (primary N) is 1. The van der Waals surface area contributed by atoms with Gasteiger partial charge in [0, 0.05) is 38.1 Å². The first-order valence-electron chi connectivity index (χ1n) is 8.43. The minimum Gasteiger partial charge on any atom is -0.367 e. The third-order valence-electron chi connectivity index (χ3n) is 5.40. The summed E-state index contributed by atoms with van der Waals surface area (Å²) in [5.74, 6) is -1.18. The molecule has 0 bridgehead atoms. The van der Waals surface area contributed by atoms with Gasteiger partial charge < -0.3 is 15.5 Å². The number of piperidine rings is 2. The Bertz CT molecular complexity index is 527. The topological polar surface area (TPSA) is 86.9 Å². The van der Waals surface area contributed by atoms with Crippen LogP contribution in [0, 0.1) is 6.42 Å². The summed E-state index contributed by atoms with van der Waals surface area (Å²) in [6.45, 7) is 6.40. The van der Waals surface area contributed by atoms with E-state index < -0.39 is 17.4 Å². The second-order valence-corrected chi connectivity index (χ2v) is 6.95. The number of fused-ring (bicyclic) bond motifs is 1. The van der Waals surface area contributed by atoms with E-state index in [1.807, 2.05) is 0 Å². The zero-order chi connectivity index (χ0) is 16.8. The van der Waals surface area contributed by atoms with Gasteiger partial charge >= 0.3 is 6.03 Å². The van der Waals surface area contributed by atoms with Crippen molar-refractivity contribution in [1.29, 1.82) is 0 Å². The third kappa shape index (κ3) is 2.33. The molecular formula is C16H25N4O3. The Morgan fingerprint density at radius 1 is 1.26 bits per heavy atom. The lowest BCUT2D eigenvalue weighted by Gasteiger charge is -2.37. The number of hydrogen-bond donors (Lipinski definition) is 1. The molecule has 4 amide bonds. The van der Waals surface area contributed by atoms with E-state index in [0.717, 1.165) is 32.4 Å². The molecular weight excluding hydrogens is 296 g/mol. The molecule has 3 rings (SSSR count). The first-order chi connectivity index (χ1) is 10.9. The summed E-state index contributed by atoms with van der Waals surface area (Å²) in [6.07, 6.45) is 4.50. The number of likely N-dealkylation sites (tertiary alicyclic amines) is 1. The molecule has 23 heavy (non-hydrogen) atoms. The molecule has 3 aliphatic rings. The van der Waals surface area contributed by atoms with E-state index in [2.05, 4.69) is 18.7 Å². The lowest BCUT2D eigenvalue weighted by atomic mass is 9.86. The fraction of sp³-hybridized carbons (Fsp3) is 0.750. The Hall–Kier alpha value is -1.63. The Labute approximate surface area is 136 Å². The predicted octanol–water partition coefficient (Wildman–Crippen LogP) is 0.346. The fourth-order valence-corrected chi connectivity index (χ4v) is 4.02. The molecule has 7 nitrogen and oxygen atoms in total. The van der Waals surface area contributed by atoms with Gasteiger partial charge in [0.2, 0.25) is 5.54 Å². The number of carbonyl (C=O) groups excluding carboxylic acids is 3. The van der Waals surface area contributed by atoms with Crippen LogP contribution in [0.2, 0.25) is 0 Å². The summed E-state index contributed by atoms with van der Waals surface area (Å²) in [6, 6.07) is -0.0365. The largest absolute Gasteiger partial charge is 0.367 e. The van der Waals surface area contributed by atoms with Crippen molar-refractivity contribution in [2.75, 3.05) is 19.6 Å². The molecule has 7 heteroatoms. The molecule has 1 atom stereocenters. The minimum atomic E-state index is -1.55. The first-order valence-corrected chi connectivity index (χ1v) is 8.43. The molecule has 3 saturated heterocycles. The van der Waals surface area contributed by atoms with Crippen LogP contribution in [0.3, 0.4) is 0 Å². The van der Waals surface area contributed by atoms with Crippen molar-refractivity contribution >= 4 is 17.8 Å². The van der Waals surface area contributed by atoms with Crippen LogP contribution in [0.5, 0.6) is 0 Å². The maximum atomic E-state index is 12.9. The number of primary amides is 1. The van der Waals surface area contributed by atoms with Gasteiger partial charge in [0.25, 0.3) is 11.8 Å². The Morgan fingerprint density at radius 2 is 1.91 bits per heavy atom. The van der Waals surface area contributed by atoms with Crippen molar-refractivity contribution in [2.45, 2.75) is 57.2 Å². The lowest BCUT2D eigenvalue weighted by molar-refractivity contribution is -0.141. The number of nitrogens with zero attached hydrogens (tertiary/aromatic N) is 3. The summed E-state index contributed by atoms with van der Waals surface area (Å²) in [7, 11) is 0. The summed E-state index contributed by atoms with van der Waals surface area (Å²) in [5, 5.41) is 0. The zero-order valence-corrected chi connectivity index (χ0v) is 13.8. The highest BCUT2D eigenvalue weighted by molar-refractivity contribution is 6.21. The quantitative estimate of drug-likeness (QED) is 0.600. The van der Waals surface area contributed by atoms with Crippen molar-refractivity contribution in [3.8, 4) is 0 Å². The van der Waals surface area contributed by atoms with Crippen molar-refractivity contribution in [2.24, 2.45) is 5.73 Å². The third-order valence-corrected chi connectivity index (χ3v) is 5.40. The average Bonchev–Trinajstić information content (AvgIpc) is 2.77. The van der Waals surface area contributed by atoms with E-state index >= 15 is 0 Å². The molecule has 0 aliphatic carbocycles. The molecule has 3 heterocycles. The van der Waals surface area contributed by atoms with Crippen LogP contribution >= 0.6 is 0 Å².